The minimum Gasteiger partial charge on any atom is -0.465 e. The number of thioether (sulfide) groups is 1. The fourth-order valence-corrected chi connectivity index (χ4v) is 1.76. The molecule has 0 amide bonds. The molecule has 1 aromatic rings. The van der Waals surface area contributed by atoms with Crippen LogP contribution in [0.2, 0.25) is 0 Å². The van der Waals surface area contributed by atoms with E-state index in [1.165, 1.54) is 0 Å². The first-order chi connectivity index (χ1) is 6.36. The van der Waals surface area contributed by atoms with Crippen LogP contribution in [-0.4, -0.2) is 5.75 Å². The SMILES string of the molecule is C#CCCSCc1ccc(CC)o1. The van der Waals surface area contributed by atoms with E-state index in [4.69, 9.17) is 10.8 Å². The smallest absolute Gasteiger partial charge is 0.114 e. The summed E-state index contributed by atoms with van der Waals surface area (Å²) in [5.74, 6) is 6.68. The van der Waals surface area contributed by atoms with E-state index in [9.17, 15) is 0 Å². The number of rotatable bonds is 5. The van der Waals surface area contributed by atoms with Crippen LogP contribution in [0.3, 0.4) is 0 Å². The molecule has 0 bridgehead atoms. The summed E-state index contributed by atoms with van der Waals surface area (Å²) in [7, 11) is 0. The van der Waals surface area contributed by atoms with Gasteiger partial charge in [-0.05, 0) is 12.1 Å². The van der Waals surface area contributed by atoms with E-state index in [0.717, 1.165) is 35.9 Å². The summed E-state index contributed by atoms with van der Waals surface area (Å²) < 4.78 is 5.54. The average molecular weight is 194 g/mol. The van der Waals surface area contributed by atoms with Crippen LogP contribution in [0.5, 0.6) is 0 Å². The van der Waals surface area contributed by atoms with Gasteiger partial charge in [-0.2, -0.15) is 11.8 Å². The highest BCUT2D eigenvalue weighted by atomic mass is 32.2. The molecule has 0 radical (unpaired) electrons. The molecule has 0 fully saturated rings. The Kier molecular flexibility index (Phi) is 4.56. The van der Waals surface area contributed by atoms with E-state index in [-0.39, 0.29) is 0 Å². The Morgan fingerprint density at radius 2 is 2.23 bits per heavy atom. The van der Waals surface area contributed by atoms with Gasteiger partial charge in [-0.15, -0.1) is 12.3 Å². The molecule has 0 atom stereocenters. The van der Waals surface area contributed by atoms with Crippen LogP contribution in [0.1, 0.15) is 24.9 Å². The number of aryl methyl sites for hydroxylation is 1. The number of furan rings is 1. The molecule has 0 aromatic carbocycles. The van der Waals surface area contributed by atoms with Gasteiger partial charge in [0.05, 0.1) is 5.75 Å². The minimum atomic E-state index is 0.839. The molecule has 0 saturated carbocycles. The molecule has 0 saturated heterocycles. The third kappa shape index (κ3) is 3.61. The lowest BCUT2D eigenvalue weighted by atomic mass is 10.4. The molecule has 2 heteroatoms. The van der Waals surface area contributed by atoms with E-state index < -0.39 is 0 Å². The van der Waals surface area contributed by atoms with Gasteiger partial charge in [0.25, 0.3) is 0 Å². The van der Waals surface area contributed by atoms with Gasteiger partial charge in [-0.3, -0.25) is 0 Å². The Morgan fingerprint density at radius 1 is 1.46 bits per heavy atom. The molecule has 0 unspecified atom stereocenters. The normalized spacial score (nSPS) is 9.85. The minimum absolute atomic E-state index is 0.839. The van der Waals surface area contributed by atoms with E-state index in [0.29, 0.717) is 0 Å². The first-order valence-corrected chi connectivity index (χ1v) is 5.61. The average Bonchev–Trinajstić information content (AvgIpc) is 2.60. The van der Waals surface area contributed by atoms with Gasteiger partial charge in [0.1, 0.15) is 11.5 Å². The first-order valence-electron chi connectivity index (χ1n) is 4.45. The van der Waals surface area contributed by atoms with Gasteiger partial charge in [-0.25, -0.2) is 0 Å². The summed E-state index contributed by atoms with van der Waals surface area (Å²) in [5, 5.41) is 0. The lowest BCUT2D eigenvalue weighted by Crippen LogP contribution is -1.79. The van der Waals surface area contributed by atoms with Crippen molar-refractivity contribution in [3.63, 3.8) is 0 Å². The van der Waals surface area contributed by atoms with E-state index >= 15 is 0 Å². The van der Waals surface area contributed by atoms with Gasteiger partial charge < -0.3 is 4.42 Å². The Labute approximate surface area is 83.9 Å². The molecule has 13 heavy (non-hydrogen) atoms. The van der Waals surface area contributed by atoms with Crippen LogP contribution in [0.25, 0.3) is 0 Å². The predicted molar refractivity (Wildman–Crippen MR) is 57.7 cm³/mol. The fourth-order valence-electron chi connectivity index (χ4n) is 0.994. The highest BCUT2D eigenvalue weighted by Crippen LogP contribution is 2.16. The largest absolute Gasteiger partial charge is 0.465 e. The first kappa shape index (κ1) is 10.3. The molecule has 0 aliphatic heterocycles. The molecule has 1 nitrogen and oxygen atoms in total. The van der Waals surface area contributed by atoms with Gasteiger partial charge >= 0.3 is 0 Å². The van der Waals surface area contributed by atoms with Crippen LogP contribution < -0.4 is 0 Å². The fraction of sp³-hybridized carbons (Fsp3) is 0.455. The van der Waals surface area contributed by atoms with Crippen LogP contribution in [0.4, 0.5) is 0 Å². The number of hydrogen-bond acceptors (Lipinski definition) is 2. The Balaban J connectivity index is 2.25. The molecule has 0 spiro atoms. The lowest BCUT2D eigenvalue weighted by molar-refractivity contribution is 0.485. The molecule has 0 aliphatic rings. The van der Waals surface area contributed by atoms with Crippen molar-refractivity contribution in [1.29, 1.82) is 0 Å². The van der Waals surface area contributed by atoms with Crippen molar-refractivity contribution in [3.8, 4) is 12.3 Å². The second-order valence-corrected chi connectivity index (χ2v) is 3.83. The van der Waals surface area contributed by atoms with Crippen LogP contribution in [0.15, 0.2) is 16.5 Å². The molecule has 0 aliphatic carbocycles. The van der Waals surface area contributed by atoms with Crippen molar-refractivity contribution < 1.29 is 4.42 Å². The standard InChI is InChI=1S/C11H14OS/c1-3-5-8-13-9-11-7-6-10(4-2)12-11/h1,6-7H,4-5,8-9H2,2H3. The highest BCUT2D eigenvalue weighted by Gasteiger charge is 1.99. The van der Waals surface area contributed by atoms with Crippen LogP contribution >= 0.6 is 11.8 Å². The molecular formula is C11H14OS. The molecular weight excluding hydrogens is 180 g/mol. The summed E-state index contributed by atoms with van der Waals surface area (Å²) in [6.07, 6.45) is 6.95. The summed E-state index contributed by atoms with van der Waals surface area (Å²) >= 11 is 1.82. The maximum absolute atomic E-state index is 5.54. The summed E-state index contributed by atoms with van der Waals surface area (Å²) in [6, 6.07) is 4.08. The molecule has 0 N–H and O–H groups in total. The van der Waals surface area contributed by atoms with Crippen molar-refractivity contribution in [3.05, 3.63) is 23.7 Å². The molecule has 70 valence electrons. The quantitative estimate of drug-likeness (QED) is 0.528. The third-order valence-corrected chi connectivity index (χ3v) is 2.68. The zero-order valence-electron chi connectivity index (χ0n) is 7.88. The van der Waals surface area contributed by atoms with Crippen molar-refractivity contribution in [2.45, 2.75) is 25.5 Å². The maximum atomic E-state index is 5.54. The molecule has 1 heterocycles. The van der Waals surface area contributed by atoms with Crippen molar-refractivity contribution in [1.82, 2.24) is 0 Å². The van der Waals surface area contributed by atoms with Crippen molar-refractivity contribution in [2.24, 2.45) is 0 Å². The second kappa shape index (κ2) is 5.77. The van der Waals surface area contributed by atoms with Gasteiger partial charge in [0.2, 0.25) is 0 Å². The Morgan fingerprint density at radius 3 is 2.85 bits per heavy atom. The topological polar surface area (TPSA) is 13.1 Å². The van der Waals surface area contributed by atoms with Crippen LogP contribution in [0, 0.1) is 12.3 Å². The summed E-state index contributed by atoms with van der Waals surface area (Å²) in [5.41, 5.74) is 0. The van der Waals surface area contributed by atoms with Crippen LogP contribution in [-0.2, 0) is 12.2 Å². The maximum Gasteiger partial charge on any atom is 0.114 e. The summed E-state index contributed by atoms with van der Waals surface area (Å²) in [6.45, 7) is 2.09. The van der Waals surface area contributed by atoms with E-state index in [1.54, 1.807) is 0 Å². The Hall–Kier alpha value is -0.810. The number of terminal acetylenes is 1. The van der Waals surface area contributed by atoms with Gasteiger partial charge in [-0.1, -0.05) is 6.92 Å². The third-order valence-electron chi connectivity index (χ3n) is 1.70. The van der Waals surface area contributed by atoms with E-state index in [2.05, 4.69) is 12.8 Å². The molecule has 1 rings (SSSR count). The summed E-state index contributed by atoms with van der Waals surface area (Å²) in [4.78, 5) is 0. The van der Waals surface area contributed by atoms with Crippen molar-refractivity contribution in [2.75, 3.05) is 5.75 Å². The highest BCUT2D eigenvalue weighted by molar-refractivity contribution is 7.98. The van der Waals surface area contributed by atoms with Crippen molar-refractivity contribution >= 4 is 11.8 Å². The predicted octanol–water partition coefficient (Wildman–Crippen LogP) is 3.10. The zero-order chi connectivity index (χ0) is 9.52. The number of hydrogen-bond donors (Lipinski definition) is 0. The van der Waals surface area contributed by atoms with E-state index in [1.807, 2.05) is 23.9 Å². The van der Waals surface area contributed by atoms with Gasteiger partial charge in [0.15, 0.2) is 0 Å². The molecule has 1 aromatic heterocycles. The monoisotopic (exact) mass is 194 g/mol. The zero-order valence-corrected chi connectivity index (χ0v) is 8.69. The van der Waals surface area contributed by atoms with Gasteiger partial charge in [0, 0.05) is 18.6 Å². The Bertz CT molecular complexity index is 283. The lowest BCUT2D eigenvalue weighted by Gasteiger charge is -1.95. The second-order valence-electron chi connectivity index (χ2n) is 2.73.